The highest BCUT2D eigenvalue weighted by atomic mass is 79.9. The van der Waals surface area contributed by atoms with E-state index in [9.17, 15) is 0 Å². The first kappa shape index (κ1) is 14.3. The van der Waals surface area contributed by atoms with Crippen LogP contribution in [0.1, 0.15) is 17.5 Å². The van der Waals surface area contributed by atoms with Crippen molar-refractivity contribution in [1.29, 1.82) is 0 Å². The molecular weight excluding hydrogens is 328 g/mol. The van der Waals surface area contributed by atoms with Crippen molar-refractivity contribution in [1.82, 2.24) is 0 Å². The molecule has 1 aliphatic rings. The van der Waals surface area contributed by atoms with Gasteiger partial charge in [0.25, 0.3) is 0 Å². The molecule has 21 heavy (non-hydrogen) atoms. The molecule has 3 rings (SSSR count). The number of para-hydroxylation sites is 1. The van der Waals surface area contributed by atoms with Gasteiger partial charge >= 0.3 is 0 Å². The molecule has 2 N–H and O–H groups in total. The number of benzene rings is 2. The highest BCUT2D eigenvalue weighted by Gasteiger charge is 2.12. The van der Waals surface area contributed by atoms with Crippen molar-refractivity contribution in [3.05, 3.63) is 52.0 Å². The third-order valence-corrected chi connectivity index (χ3v) is 4.29. The van der Waals surface area contributed by atoms with Crippen LogP contribution in [0.25, 0.3) is 0 Å². The van der Waals surface area contributed by atoms with Gasteiger partial charge in [0.1, 0.15) is 5.75 Å². The molecule has 0 atom stereocenters. The molecular formula is C17H19BrN2O. The van der Waals surface area contributed by atoms with E-state index in [-0.39, 0.29) is 0 Å². The standard InChI is InChI=1S/C17H19BrN2O/c1-21-16-8-7-14(18)10-15(16)20-11-13-5-2-4-12-6-3-9-19-17(12)13/h2,4-5,7-8,10,19-20H,3,6,9,11H2,1H3. The lowest BCUT2D eigenvalue weighted by atomic mass is 9.99. The maximum absolute atomic E-state index is 5.40. The lowest BCUT2D eigenvalue weighted by Gasteiger charge is -2.22. The zero-order valence-electron chi connectivity index (χ0n) is 12.1. The summed E-state index contributed by atoms with van der Waals surface area (Å²) in [6, 6.07) is 12.5. The first-order valence-corrected chi connectivity index (χ1v) is 7.99. The van der Waals surface area contributed by atoms with E-state index in [2.05, 4.69) is 44.8 Å². The summed E-state index contributed by atoms with van der Waals surface area (Å²) < 4.78 is 6.44. The van der Waals surface area contributed by atoms with Crippen LogP contribution in [0.2, 0.25) is 0 Å². The van der Waals surface area contributed by atoms with Crippen LogP contribution >= 0.6 is 15.9 Å². The molecule has 0 fully saturated rings. The third-order valence-electron chi connectivity index (χ3n) is 3.79. The van der Waals surface area contributed by atoms with E-state index < -0.39 is 0 Å². The van der Waals surface area contributed by atoms with E-state index in [1.54, 1.807) is 7.11 Å². The Hall–Kier alpha value is -1.68. The number of nitrogens with one attached hydrogen (secondary N) is 2. The molecule has 0 bridgehead atoms. The van der Waals surface area contributed by atoms with Crippen molar-refractivity contribution in [2.75, 3.05) is 24.3 Å². The number of rotatable bonds is 4. The summed E-state index contributed by atoms with van der Waals surface area (Å²) in [4.78, 5) is 0. The zero-order valence-corrected chi connectivity index (χ0v) is 13.7. The Morgan fingerprint density at radius 3 is 3.05 bits per heavy atom. The van der Waals surface area contributed by atoms with Crippen molar-refractivity contribution in [2.24, 2.45) is 0 Å². The molecule has 4 heteroatoms. The van der Waals surface area contributed by atoms with Gasteiger partial charge in [-0.2, -0.15) is 0 Å². The third kappa shape index (κ3) is 3.16. The molecule has 3 nitrogen and oxygen atoms in total. The smallest absolute Gasteiger partial charge is 0.142 e. The van der Waals surface area contributed by atoms with Crippen molar-refractivity contribution in [3.63, 3.8) is 0 Å². The van der Waals surface area contributed by atoms with Crippen LogP contribution in [-0.2, 0) is 13.0 Å². The molecule has 0 saturated carbocycles. The Labute approximate surface area is 133 Å². The average Bonchev–Trinajstić information content (AvgIpc) is 2.53. The Kier molecular flexibility index (Phi) is 4.34. The second kappa shape index (κ2) is 6.39. The first-order valence-electron chi connectivity index (χ1n) is 7.20. The summed E-state index contributed by atoms with van der Waals surface area (Å²) in [7, 11) is 1.69. The largest absolute Gasteiger partial charge is 0.495 e. The van der Waals surface area contributed by atoms with Gasteiger partial charge in [0, 0.05) is 23.2 Å². The van der Waals surface area contributed by atoms with Crippen molar-refractivity contribution < 1.29 is 4.74 Å². The Bertz CT molecular complexity index is 643. The van der Waals surface area contributed by atoms with Crippen LogP contribution in [0.3, 0.4) is 0 Å². The Morgan fingerprint density at radius 1 is 1.29 bits per heavy atom. The SMILES string of the molecule is COc1ccc(Br)cc1NCc1cccc2c1NCCC2. The quantitative estimate of drug-likeness (QED) is 0.859. The van der Waals surface area contributed by atoms with Gasteiger partial charge in [-0.25, -0.2) is 0 Å². The summed E-state index contributed by atoms with van der Waals surface area (Å²) in [6.07, 6.45) is 2.37. The molecule has 0 amide bonds. The summed E-state index contributed by atoms with van der Waals surface area (Å²) in [5.41, 5.74) is 5.02. The van der Waals surface area contributed by atoms with Gasteiger partial charge in [-0.1, -0.05) is 34.1 Å². The summed E-state index contributed by atoms with van der Waals surface area (Å²) in [5.74, 6) is 0.857. The predicted octanol–water partition coefficient (Wildman–Crippen LogP) is 4.43. The maximum atomic E-state index is 5.40. The van der Waals surface area contributed by atoms with Crippen LogP contribution in [-0.4, -0.2) is 13.7 Å². The van der Waals surface area contributed by atoms with Gasteiger partial charge < -0.3 is 15.4 Å². The van der Waals surface area contributed by atoms with E-state index in [4.69, 9.17) is 4.74 Å². The van der Waals surface area contributed by atoms with E-state index >= 15 is 0 Å². The first-order chi connectivity index (χ1) is 10.3. The van der Waals surface area contributed by atoms with Crippen LogP contribution < -0.4 is 15.4 Å². The van der Waals surface area contributed by atoms with Crippen LogP contribution in [0.5, 0.6) is 5.75 Å². The van der Waals surface area contributed by atoms with Gasteiger partial charge in [0.05, 0.1) is 12.8 Å². The fourth-order valence-electron chi connectivity index (χ4n) is 2.74. The second-order valence-corrected chi connectivity index (χ2v) is 6.10. The fourth-order valence-corrected chi connectivity index (χ4v) is 3.10. The zero-order chi connectivity index (χ0) is 14.7. The van der Waals surface area contributed by atoms with Gasteiger partial charge in [-0.3, -0.25) is 0 Å². The Balaban J connectivity index is 1.81. The molecule has 0 radical (unpaired) electrons. The number of anilines is 2. The number of hydrogen-bond acceptors (Lipinski definition) is 3. The predicted molar refractivity (Wildman–Crippen MR) is 91.3 cm³/mol. The highest BCUT2D eigenvalue weighted by molar-refractivity contribution is 9.10. The van der Waals surface area contributed by atoms with E-state index in [1.807, 2.05) is 18.2 Å². The van der Waals surface area contributed by atoms with Crippen LogP contribution in [0.4, 0.5) is 11.4 Å². The Morgan fingerprint density at radius 2 is 2.19 bits per heavy atom. The second-order valence-electron chi connectivity index (χ2n) is 5.18. The minimum Gasteiger partial charge on any atom is -0.495 e. The molecule has 0 spiro atoms. The molecule has 0 saturated heterocycles. The maximum Gasteiger partial charge on any atom is 0.142 e. The number of methoxy groups -OCH3 is 1. The minimum absolute atomic E-state index is 0.781. The van der Waals surface area contributed by atoms with Crippen LogP contribution in [0, 0.1) is 0 Å². The molecule has 0 aromatic heterocycles. The lowest BCUT2D eigenvalue weighted by Crippen LogP contribution is -2.15. The topological polar surface area (TPSA) is 33.3 Å². The monoisotopic (exact) mass is 346 g/mol. The normalized spacial score (nSPS) is 13.2. The van der Waals surface area contributed by atoms with Crippen molar-refractivity contribution >= 4 is 27.3 Å². The van der Waals surface area contributed by atoms with Gasteiger partial charge in [0.2, 0.25) is 0 Å². The van der Waals surface area contributed by atoms with E-state index in [0.29, 0.717) is 0 Å². The molecule has 1 aliphatic heterocycles. The molecule has 0 aliphatic carbocycles. The molecule has 2 aromatic rings. The fraction of sp³-hybridized carbons (Fsp3) is 0.294. The number of aryl methyl sites for hydroxylation is 1. The van der Waals surface area contributed by atoms with Crippen molar-refractivity contribution in [3.8, 4) is 5.75 Å². The average molecular weight is 347 g/mol. The number of fused-ring (bicyclic) bond motifs is 1. The molecule has 110 valence electrons. The lowest BCUT2D eigenvalue weighted by molar-refractivity contribution is 0.416. The van der Waals surface area contributed by atoms with Crippen LogP contribution in [0.15, 0.2) is 40.9 Å². The molecule has 1 heterocycles. The minimum atomic E-state index is 0.781. The summed E-state index contributed by atoms with van der Waals surface area (Å²) in [5, 5.41) is 7.00. The number of ether oxygens (including phenoxy) is 1. The van der Waals surface area contributed by atoms with Crippen molar-refractivity contribution in [2.45, 2.75) is 19.4 Å². The van der Waals surface area contributed by atoms with Gasteiger partial charge in [-0.15, -0.1) is 0 Å². The highest BCUT2D eigenvalue weighted by Crippen LogP contribution is 2.30. The number of halogens is 1. The summed E-state index contributed by atoms with van der Waals surface area (Å²) in [6.45, 7) is 1.84. The van der Waals surface area contributed by atoms with E-state index in [1.165, 1.54) is 23.2 Å². The van der Waals surface area contributed by atoms with E-state index in [0.717, 1.165) is 35.4 Å². The molecule has 0 unspecified atom stereocenters. The summed E-state index contributed by atoms with van der Waals surface area (Å²) >= 11 is 3.50. The van der Waals surface area contributed by atoms with Gasteiger partial charge in [-0.05, 0) is 42.2 Å². The number of hydrogen-bond donors (Lipinski definition) is 2. The van der Waals surface area contributed by atoms with Gasteiger partial charge in [0.15, 0.2) is 0 Å². The molecule has 2 aromatic carbocycles.